The molecule has 2 aromatic carbocycles. The van der Waals surface area contributed by atoms with Crippen LogP contribution < -0.4 is 14.4 Å². The zero-order valence-electron chi connectivity index (χ0n) is 14.3. The first kappa shape index (κ1) is 17.8. The number of carbonyl (C=O) groups is 2. The number of thioether (sulfide) groups is 1. The molecule has 132 valence electrons. The van der Waals surface area contributed by atoms with Gasteiger partial charge in [-0.3, -0.25) is 9.59 Å². The molecule has 0 saturated carbocycles. The molecule has 0 spiro atoms. The fraction of sp³-hybridized carbons (Fsp3) is 0.100. The molecule has 0 atom stereocenters. The van der Waals surface area contributed by atoms with Crippen molar-refractivity contribution in [3.63, 3.8) is 0 Å². The number of amides is 2. The summed E-state index contributed by atoms with van der Waals surface area (Å²) < 4.78 is 10.5. The van der Waals surface area contributed by atoms with Gasteiger partial charge in [0.15, 0.2) is 0 Å². The SMILES string of the molecule is COc1ccc(N2C(=O)S/C(=C\C=C\c3ccccc3)C2=O)c(OC)c1. The van der Waals surface area contributed by atoms with Crippen molar-refractivity contribution in [2.75, 3.05) is 19.1 Å². The molecule has 1 fully saturated rings. The summed E-state index contributed by atoms with van der Waals surface area (Å²) in [7, 11) is 3.02. The summed E-state index contributed by atoms with van der Waals surface area (Å²) in [5.74, 6) is 0.604. The Morgan fingerprint density at radius 2 is 1.77 bits per heavy atom. The van der Waals surface area contributed by atoms with Crippen LogP contribution in [0.1, 0.15) is 5.56 Å². The monoisotopic (exact) mass is 367 g/mol. The average Bonchev–Trinajstić information content (AvgIpc) is 2.95. The predicted molar refractivity (Wildman–Crippen MR) is 104 cm³/mol. The van der Waals surface area contributed by atoms with Crippen molar-refractivity contribution in [3.05, 3.63) is 71.2 Å². The zero-order valence-corrected chi connectivity index (χ0v) is 15.2. The molecule has 0 aromatic heterocycles. The van der Waals surface area contributed by atoms with Crippen LogP contribution in [0.25, 0.3) is 6.08 Å². The van der Waals surface area contributed by atoms with Gasteiger partial charge in [0.1, 0.15) is 11.5 Å². The van der Waals surface area contributed by atoms with Gasteiger partial charge >= 0.3 is 0 Å². The standard InChI is InChI=1S/C20H17NO4S/c1-24-15-11-12-16(17(13-15)25-2)21-19(22)18(26-20(21)23)10-6-9-14-7-4-3-5-8-14/h3-13H,1-2H3/b9-6+,18-10-. The van der Waals surface area contributed by atoms with E-state index < -0.39 is 0 Å². The third kappa shape index (κ3) is 3.65. The Kier molecular flexibility index (Phi) is 5.43. The molecule has 0 aliphatic carbocycles. The highest BCUT2D eigenvalue weighted by atomic mass is 32.2. The highest BCUT2D eigenvalue weighted by Gasteiger charge is 2.37. The number of benzene rings is 2. The summed E-state index contributed by atoms with van der Waals surface area (Å²) in [5, 5.41) is -0.363. The number of ether oxygens (including phenoxy) is 2. The number of carbonyl (C=O) groups excluding carboxylic acids is 2. The van der Waals surface area contributed by atoms with E-state index in [0.29, 0.717) is 22.1 Å². The first-order valence-corrected chi connectivity index (χ1v) is 8.67. The van der Waals surface area contributed by atoms with Gasteiger partial charge in [0, 0.05) is 6.07 Å². The first-order chi connectivity index (χ1) is 12.6. The van der Waals surface area contributed by atoms with Crippen molar-refractivity contribution in [1.82, 2.24) is 0 Å². The second-order valence-corrected chi connectivity index (χ2v) is 6.34. The molecule has 1 heterocycles. The molecule has 26 heavy (non-hydrogen) atoms. The van der Waals surface area contributed by atoms with E-state index in [2.05, 4.69) is 0 Å². The minimum Gasteiger partial charge on any atom is -0.497 e. The van der Waals surface area contributed by atoms with Gasteiger partial charge in [0.2, 0.25) is 0 Å². The Morgan fingerprint density at radius 3 is 2.46 bits per heavy atom. The van der Waals surface area contributed by atoms with Crippen LogP contribution in [-0.4, -0.2) is 25.4 Å². The number of methoxy groups -OCH3 is 2. The fourth-order valence-electron chi connectivity index (χ4n) is 2.47. The van der Waals surface area contributed by atoms with Crippen LogP contribution >= 0.6 is 11.8 Å². The van der Waals surface area contributed by atoms with Gasteiger partial charge in [-0.15, -0.1) is 0 Å². The number of nitrogens with zero attached hydrogens (tertiary/aromatic N) is 1. The highest BCUT2D eigenvalue weighted by molar-refractivity contribution is 8.18. The largest absolute Gasteiger partial charge is 0.497 e. The maximum atomic E-state index is 12.7. The Hall–Kier alpha value is -2.99. The van der Waals surface area contributed by atoms with Crippen molar-refractivity contribution >= 4 is 34.7 Å². The third-order valence-electron chi connectivity index (χ3n) is 3.76. The summed E-state index contributed by atoms with van der Waals surface area (Å²) in [6, 6.07) is 14.7. The fourth-order valence-corrected chi connectivity index (χ4v) is 3.26. The smallest absolute Gasteiger partial charge is 0.298 e. The van der Waals surface area contributed by atoms with Crippen LogP contribution in [0, 0.1) is 0 Å². The Labute approximate surface area is 155 Å². The third-order valence-corrected chi connectivity index (χ3v) is 4.65. The minimum atomic E-state index is -0.374. The molecule has 0 N–H and O–H groups in total. The molecule has 6 heteroatoms. The summed E-state index contributed by atoms with van der Waals surface area (Å²) in [6.07, 6.45) is 5.29. The molecule has 3 rings (SSSR count). The summed E-state index contributed by atoms with van der Waals surface area (Å²) >= 11 is 0.901. The van der Waals surface area contributed by atoms with E-state index in [1.807, 2.05) is 36.4 Å². The summed E-state index contributed by atoms with van der Waals surface area (Å²) in [5.41, 5.74) is 1.41. The van der Waals surface area contributed by atoms with Gasteiger partial charge in [-0.1, -0.05) is 42.5 Å². The van der Waals surface area contributed by atoms with Gasteiger partial charge in [-0.05, 0) is 35.5 Å². The second kappa shape index (κ2) is 7.93. The minimum absolute atomic E-state index is 0.361. The number of rotatable bonds is 5. The molecule has 0 bridgehead atoms. The molecule has 0 radical (unpaired) electrons. The predicted octanol–water partition coefficient (Wildman–Crippen LogP) is 4.50. The second-order valence-electron chi connectivity index (χ2n) is 5.35. The van der Waals surface area contributed by atoms with Gasteiger partial charge in [-0.25, -0.2) is 4.90 Å². The molecular weight excluding hydrogens is 350 g/mol. The van der Waals surface area contributed by atoms with Gasteiger partial charge in [0.05, 0.1) is 24.8 Å². The lowest BCUT2D eigenvalue weighted by Crippen LogP contribution is -2.28. The molecular formula is C20H17NO4S. The molecule has 1 aliphatic heterocycles. The molecule has 1 saturated heterocycles. The summed E-state index contributed by atoms with van der Waals surface area (Å²) in [6.45, 7) is 0. The van der Waals surface area contributed by atoms with E-state index in [9.17, 15) is 9.59 Å². The molecule has 2 amide bonds. The zero-order chi connectivity index (χ0) is 18.5. The van der Waals surface area contributed by atoms with E-state index in [0.717, 1.165) is 22.2 Å². The average molecular weight is 367 g/mol. The van der Waals surface area contributed by atoms with Crippen LogP contribution in [0.3, 0.4) is 0 Å². The molecule has 1 aliphatic rings. The van der Waals surface area contributed by atoms with Crippen molar-refractivity contribution in [1.29, 1.82) is 0 Å². The number of hydrogen-bond acceptors (Lipinski definition) is 5. The van der Waals surface area contributed by atoms with Crippen molar-refractivity contribution < 1.29 is 19.1 Å². The maximum absolute atomic E-state index is 12.7. The van der Waals surface area contributed by atoms with Crippen molar-refractivity contribution in [2.45, 2.75) is 0 Å². The number of imide groups is 1. The van der Waals surface area contributed by atoms with Crippen LogP contribution in [0.4, 0.5) is 10.5 Å². The van der Waals surface area contributed by atoms with Crippen molar-refractivity contribution in [2.24, 2.45) is 0 Å². The highest BCUT2D eigenvalue weighted by Crippen LogP contribution is 2.40. The van der Waals surface area contributed by atoms with Gasteiger partial charge in [0.25, 0.3) is 11.1 Å². The topological polar surface area (TPSA) is 55.8 Å². The van der Waals surface area contributed by atoms with E-state index in [4.69, 9.17) is 9.47 Å². The van der Waals surface area contributed by atoms with Crippen molar-refractivity contribution in [3.8, 4) is 11.5 Å². The first-order valence-electron chi connectivity index (χ1n) is 7.85. The lowest BCUT2D eigenvalue weighted by molar-refractivity contribution is -0.113. The number of allylic oxidation sites excluding steroid dienone is 2. The summed E-state index contributed by atoms with van der Waals surface area (Å²) in [4.78, 5) is 26.5. The van der Waals surface area contributed by atoms with Gasteiger partial charge < -0.3 is 9.47 Å². The Morgan fingerprint density at radius 1 is 1.00 bits per heavy atom. The number of anilines is 1. The molecule has 5 nitrogen and oxygen atoms in total. The van der Waals surface area contributed by atoms with Crippen LogP contribution in [0.2, 0.25) is 0 Å². The van der Waals surface area contributed by atoms with E-state index in [1.54, 1.807) is 30.4 Å². The van der Waals surface area contributed by atoms with Crippen LogP contribution in [-0.2, 0) is 4.79 Å². The van der Waals surface area contributed by atoms with Crippen LogP contribution in [0.5, 0.6) is 11.5 Å². The Balaban J connectivity index is 1.85. The normalized spacial score (nSPS) is 15.9. The van der Waals surface area contributed by atoms with E-state index in [1.165, 1.54) is 14.2 Å². The maximum Gasteiger partial charge on any atom is 0.298 e. The molecule has 0 unspecified atom stereocenters. The van der Waals surface area contributed by atoms with Crippen LogP contribution in [0.15, 0.2) is 65.6 Å². The quantitative estimate of drug-likeness (QED) is 0.728. The number of hydrogen-bond donors (Lipinski definition) is 0. The lowest BCUT2D eigenvalue weighted by Gasteiger charge is -2.16. The molecule has 2 aromatic rings. The van der Waals surface area contributed by atoms with E-state index in [-0.39, 0.29) is 11.1 Å². The van der Waals surface area contributed by atoms with E-state index >= 15 is 0 Å². The van der Waals surface area contributed by atoms with Gasteiger partial charge in [-0.2, -0.15) is 0 Å². The lowest BCUT2D eigenvalue weighted by atomic mass is 10.2. The Bertz CT molecular complexity index is 890.